The maximum Gasteiger partial charge on any atom is 0.232 e. The second kappa shape index (κ2) is 3.29. The van der Waals surface area contributed by atoms with E-state index < -0.39 is 9.05 Å². The standard InChI is InChI=1S/C6H11ClO3S/c1-5-6(2-3-10-5)4-11(7,8)9/h5-6H,2-4H2,1H3. The Kier molecular flexibility index (Phi) is 2.78. The normalized spacial score (nSPS) is 32.5. The van der Waals surface area contributed by atoms with Gasteiger partial charge in [-0.15, -0.1) is 0 Å². The van der Waals surface area contributed by atoms with E-state index in [9.17, 15) is 8.42 Å². The van der Waals surface area contributed by atoms with E-state index in [0.29, 0.717) is 6.61 Å². The van der Waals surface area contributed by atoms with Crippen molar-refractivity contribution in [2.24, 2.45) is 5.92 Å². The summed E-state index contributed by atoms with van der Waals surface area (Å²) in [7, 11) is 1.75. The van der Waals surface area contributed by atoms with Crippen LogP contribution in [0, 0.1) is 5.92 Å². The zero-order valence-electron chi connectivity index (χ0n) is 6.29. The maximum absolute atomic E-state index is 10.6. The van der Waals surface area contributed by atoms with Crippen molar-refractivity contribution in [2.45, 2.75) is 19.4 Å². The topological polar surface area (TPSA) is 43.4 Å². The lowest BCUT2D eigenvalue weighted by molar-refractivity contribution is 0.110. The Bertz CT molecular complexity index is 224. The van der Waals surface area contributed by atoms with E-state index in [1.807, 2.05) is 6.92 Å². The van der Waals surface area contributed by atoms with Crippen LogP contribution in [0.3, 0.4) is 0 Å². The summed E-state index contributed by atoms with van der Waals surface area (Å²) in [6.45, 7) is 2.53. The third-order valence-electron chi connectivity index (χ3n) is 1.95. The van der Waals surface area contributed by atoms with E-state index >= 15 is 0 Å². The van der Waals surface area contributed by atoms with Crippen LogP contribution in [0.15, 0.2) is 0 Å². The van der Waals surface area contributed by atoms with Crippen molar-refractivity contribution in [3.05, 3.63) is 0 Å². The summed E-state index contributed by atoms with van der Waals surface area (Å²) in [5, 5.41) is 0. The Balaban J connectivity index is 2.50. The van der Waals surface area contributed by atoms with Gasteiger partial charge >= 0.3 is 0 Å². The average Bonchev–Trinajstić information content (AvgIpc) is 2.12. The van der Waals surface area contributed by atoms with E-state index in [1.165, 1.54) is 0 Å². The smallest absolute Gasteiger partial charge is 0.232 e. The SMILES string of the molecule is CC1OCCC1CS(=O)(=O)Cl. The van der Waals surface area contributed by atoms with Crippen molar-refractivity contribution >= 4 is 19.7 Å². The highest BCUT2D eigenvalue weighted by molar-refractivity contribution is 8.13. The van der Waals surface area contributed by atoms with Gasteiger partial charge in [-0.3, -0.25) is 0 Å². The number of halogens is 1. The molecule has 0 spiro atoms. The van der Waals surface area contributed by atoms with Gasteiger partial charge in [0, 0.05) is 23.2 Å². The molecule has 1 heterocycles. The summed E-state index contributed by atoms with van der Waals surface area (Å²) < 4.78 is 26.5. The number of ether oxygens (including phenoxy) is 1. The maximum atomic E-state index is 10.6. The van der Waals surface area contributed by atoms with Crippen LogP contribution in [0.25, 0.3) is 0 Å². The van der Waals surface area contributed by atoms with Gasteiger partial charge in [-0.2, -0.15) is 0 Å². The third-order valence-corrected chi connectivity index (χ3v) is 3.15. The molecule has 1 saturated heterocycles. The minimum absolute atomic E-state index is 0.0310. The van der Waals surface area contributed by atoms with Crippen molar-refractivity contribution in [3.63, 3.8) is 0 Å². The lowest BCUT2D eigenvalue weighted by atomic mass is 10.1. The van der Waals surface area contributed by atoms with Crippen molar-refractivity contribution in [1.29, 1.82) is 0 Å². The van der Waals surface area contributed by atoms with Crippen molar-refractivity contribution in [2.75, 3.05) is 12.4 Å². The van der Waals surface area contributed by atoms with Crippen LogP contribution in [0.1, 0.15) is 13.3 Å². The number of hydrogen-bond acceptors (Lipinski definition) is 3. The van der Waals surface area contributed by atoms with Gasteiger partial charge in [0.2, 0.25) is 9.05 Å². The van der Waals surface area contributed by atoms with Crippen LogP contribution < -0.4 is 0 Å². The minimum atomic E-state index is -3.35. The van der Waals surface area contributed by atoms with Crippen LogP contribution in [-0.4, -0.2) is 26.9 Å². The Labute approximate surface area is 71.1 Å². The van der Waals surface area contributed by atoms with Crippen LogP contribution in [0.2, 0.25) is 0 Å². The van der Waals surface area contributed by atoms with E-state index in [0.717, 1.165) is 6.42 Å². The zero-order valence-corrected chi connectivity index (χ0v) is 7.86. The monoisotopic (exact) mass is 198 g/mol. The molecule has 2 atom stereocenters. The van der Waals surface area contributed by atoms with E-state index in [2.05, 4.69) is 0 Å². The van der Waals surface area contributed by atoms with Gasteiger partial charge in [0.05, 0.1) is 11.9 Å². The molecule has 66 valence electrons. The predicted molar refractivity (Wildman–Crippen MR) is 43.2 cm³/mol. The molecule has 5 heteroatoms. The highest BCUT2D eigenvalue weighted by Crippen LogP contribution is 2.22. The van der Waals surface area contributed by atoms with E-state index in [4.69, 9.17) is 15.4 Å². The molecule has 0 saturated carbocycles. The third kappa shape index (κ3) is 2.97. The fourth-order valence-corrected chi connectivity index (χ4v) is 2.69. The summed E-state index contributed by atoms with van der Waals surface area (Å²) in [5.74, 6) is 0.118. The summed E-state index contributed by atoms with van der Waals surface area (Å²) in [4.78, 5) is 0. The molecular weight excluding hydrogens is 188 g/mol. The highest BCUT2D eigenvalue weighted by Gasteiger charge is 2.28. The molecule has 3 nitrogen and oxygen atoms in total. The molecule has 0 N–H and O–H groups in total. The largest absolute Gasteiger partial charge is 0.378 e. The Morgan fingerprint density at radius 1 is 1.64 bits per heavy atom. The molecule has 0 bridgehead atoms. The molecule has 1 rings (SSSR count). The van der Waals surface area contributed by atoms with Gasteiger partial charge in [-0.1, -0.05) is 0 Å². The molecule has 1 aliphatic rings. The quantitative estimate of drug-likeness (QED) is 0.622. The summed E-state index contributed by atoms with van der Waals surface area (Å²) in [6, 6.07) is 0. The van der Waals surface area contributed by atoms with E-state index in [-0.39, 0.29) is 17.8 Å². The Morgan fingerprint density at radius 3 is 2.64 bits per heavy atom. The lowest BCUT2D eigenvalue weighted by Gasteiger charge is -2.10. The lowest BCUT2D eigenvalue weighted by Crippen LogP contribution is -2.18. The van der Waals surface area contributed by atoms with Crippen LogP contribution in [0.4, 0.5) is 0 Å². The number of hydrogen-bond donors (Lipinski definition) is 0. The molecule has 0 aromatic carbocycles. The molecule has 0 radical (unpaired) electrons. The van der Waals surface area contributed by atoms with Crippen molar-refractivity contribution in [3.8, 4) is 0 Å². The highest BCUT2D eigenvalue weighted by atomic mass is 35.7. The fraction of sp³-hybridized carbons (Fsp3) is 1.00. The Hall–Kier alpha value is 0.200. The second-order valence-electron chi connectivity index (χ2n) is 2.83. The van der Waals surface area contributed by atoms with Crippen LogP contribution in [-0.2, 0) is 13.8 Å². The average molecular weight is 199 g/mol. The molecule has 11 heavy (non-hydrogen) atoms. The molecule has 2 unspecified atom stereocenters. The molecular formula is C6H11ClO3S. The first kappa shape index (κ1) is 9.29. The van der Waals surface area contributed by atoms with Crippen molar-refractivity contribution in [1.82, 2.24) is 0 Å². The summed E-state index contributed by atoms with van der Waals surface area (Å²) in [6.07, 6.45) is 0.830. The van der Waals surface area contributed by atoms with Gasteiger partial charge in [-0.25, -0.2) is 8.42 Å². The van der Waals surface area contributed by atoms with Crippen molar-refractivity contribution < 1.29 is 13.2 Å². The molecule has 0 amide bonds. The van der Waals surface area contributed by atoms with Gasteiger partial charge in [0.15, 0.2) is 0 Å². The number of rotatable bonds is 2. The summed E-state index contributed by atoms with van der Waals surface area (Å²) in [5.41, 5.74) is 0. The minimum Gasteiger partial charge on any atom is -0.378 e. The summed E-state index contributed by atoms with van der Waals surface area (Å²) >= 11 is 0. The van der Waals surface area contributed by atoms with Gasteiger partial charge in [-0.05, 0) is 13.3 Å². The first-order valence-corrected chi connectivity index (χ1v) is 6.01. The molecule has 1 aliphatic heterocycles. The van der Waals surface area contributed by atoms with Crippen LogP contribution >= 0.6 is 10.7 Å². The molecule has 0 aromatic heterocycles. The molecule has 0 aromatic rings. The predicted octanol–water partition coefficient (Wildman–Crippen LogP) is 0.980. The fourth-order valence-electron chi connectivity index (χ4n) is 1.25. The van der Waals surface area contributed by atoms with E-state index in [1.54, 1.807) is 0 Å². The zero-order chi connectivity index (χ0) is 8.48. The van der Waals surface area contributed by atoms with Gasteiger partial charge in [0.1, 0.15) is 0 Å². The first-order chi connectivity index (χ1) is 4.99. The molecule has 1 fully saturated rings. The van der Waals surface area contributed by atoms with Crippen LogP contribution in [0.5, 0.6) is 0 Å². The second-order valence-corrected chi connectivity index (χ2v) is 5.65. The van der Waals surface area contributed by atoms with Gasteiger partial charge < -0.3 is 4.74 Å². The van der Waals surface area contributed by atoms with Gasteiger partial charge in [0.25, 0.3) is 0 Å². The molecule has 0 aliphatic carbocycles. The first-order valence-electron chi connectivity index (χ1n) is 3.53. The Morgan fingerprint density at radius 2 is 2.27 bits per heavy atom.